The molecule has 148 valence electrons. The van der Waals surface area contributed by atoms with Crippen LogP contribution in [-0.4, -0.2) is 41.8 Å². The number of sulfone groups is 1. The standard InChI is InChI=1S/C20H18N4O3S2/c21-19-15-10-14(29(25,26)13-5-7-27-8-6-13)2-3-16(15)23-20(24-19)12-1-4-18-17(9-12)22-11-28-18/h1-4,9-11,13H,5-8H2,(H2,21,23,24). The molecule has 0 saturated carbocycles. The fourth-order valence-electron chi connectivity index (χ4n) is 3.61. The van der Waals surface area contributed by atoms with Crippen molar-refractivity contribution in [2.75, 3.05) is 18.9 Å². The summed E-state index contributed by atoms with van der Waals surface area (Å²) in [6.45, 7) is 0.935. The third-order valence-corrected chi connectivity index (χ3v) is 8.29. The summed E-state index contributed by atoms with van der Waals surface area (Å²) in [6, 6.07) is 10.7. The van der Waals surface area contributed by atoms with Gasteiger partial charge < -0.3 is 10.5 Å². The monoisotopic (exact) mass is 426 g/mol. The van der Waals surface area contributed by atoms with Gasteiger partial charge in [-0.25, -0.2) is 23.4 Å². The largest absolute Gasteiger partial charge is 0.383 e. The molecule has 0 atom stereocenters. The van der Waals surface area contributed by atoms with Gasteiger partial charge in [0.05, 0.1) is 31.4 Å². The van der Waals surface area contributed by atoms with Crippen LogP contribution in [0.1, 0.15) is 12.8 Å². The molecule has 0 amide bonds. The van der Waals surface area contributed by atoms with Crippen LogP contribution in [0.4, 0.5) is 5.82 Å². The maximum absolute atomic E-state index is 13.0. The predicted octanol–water partition coefficient (Wildman–Crippen LogP) is 3.44. The van der Waals surface area contributed by atoms with Crippen LogP contribution in [-0.2, 0) is 14.6 Å². The number of hydrogen-bond acceptors (Lipinski definition) is 8. The van der Waals surface area contributed by atoms with Crippen molar-refractivity contribution in [3.63, 3.8) is 0 Å². The van der Waals surface area contributed by atoms with Crippen LogP contribution in [0.15, 0.2) is 46.8 Å². The van der Waals surface area contributed by atoms with E-state index in [1.165, 1.54) is 0 Å². The quantitative estimate of drug-likeness (QED) is 0.534. The molecule has 0 aliphatic carbocycles. The van der Waals surface area contributed by atoms with E-state index in [1.807, 2.05) is 18.2 Å². The maximum atomic E-state index is 13.0. The number of thiazole rings is 1. The van der Waals surface area contributed by atoms with Crippen LogP contribution in [0.5, 0.6) is 0 Å². The highest BCUT2D eigenvalue weighted by molar-refractivity contribution is 7.92. The molecule has 2 aromatic carbocycles. The molecule has 29 heavy (non-hydrogen) atoms. The first-order chi connectivity index (χ1) is 14.0. The molecule has 3 heterocycles. The molecule has 4 aromatic rings. The first kappa shape index (κ1) is 18.4. The third kappa shape index (κ3) is 3.25. The van der Waals surface area contributed by atoms with Crippen molar-refractivity contribution in [3.05, 3.63) is 41.9 Å². The minimum Gasteiger partial charge on any atom is -0.383 e. The third-order valence-electron chi connectivity index (χ3n) is 5.22. The van der Waals surface area contributed by atoms with Crippen molar-refractivity contribution >= 4 is 48.1 Å². The molecule has 0 radical (unpaired) electrons. The highest BCUT2D eigenvalue weighted by Crippen LogP contribution is 2.30. The fraction of sp³-hybridized carbons (Fsp3) is 0.250. The van der Waals surface area contributed by atoms with E-state index in [-0.39, 0.29) is 10.7 Å². The summed E-state index contributed by atoms with van der Waals surface area (Å²) in [6.07, 6.45) is 1.01. The molecule has 1 aliphatic heterocycles. The summed E-state index contributed by atoms with van der Waals surface area (Å²) in [5, 5.41) is 0.108. The fourth-order valence-corrected chi connectivity index (χ4v) is 6.01. The van der Waals surface area contributed by atoms with Crippen molar-refractivity contribution in [2.45, 2.75) is 23.0 Å². The van der Waals surface area contributed by atoms with Gasteiger partial charge in [-0.05, 0) is 49.2 Å². The summed E-state index contributed by atoms with van der Waals surface area (Å²) < 4.78 is 32.3. The molecule has 7 nitrogen and oxygen atoms in total. The normalized spacial score (nSPS) is 15.9. The first-order valence-electron chi connectivity index (χ1n) is 9.25. The van der Waals surface area contributed by atoms with Crippen LogP contribution in [0.2, 0.25) is 0 Å². The molecule has 2 N–H and O–H groups in total. The number of rotatable bonds is 3. The number of fused-ring (bicyclic) bond motifs is 2. The van der Waals surface area contributed by atoms with E-state index in [0.29, 0.717) is 42.8 Å². The smallest absolute Gasteiger partial charge is 0.181 e. The van der Waals surface area contributed by atoms with E-state index < -0.39 is 15.1 Å². The molecule has 5 rings (SSSR count). The molecular formula is C20H18N4O3S2. The van der Waals surface area contributed by atoms with Crippen molar-refractivity contribution in [3.8, 4) is 11.4 Å². The Bertz CT molecular complexity index is 1330. The number of nitrogen functional groups attached to an aromatic ring is 1. The van der Waals surface area contributed by atoms with Crippen LogP contribution in [0.25, 0.3) is 32.5 Å². The number of benzene rings is 2. The predicted molar refractivity (Wildman–Crippen MR) is 114 cm³/mol. The van der Waals surface area contributed by atoms with Crippen LogP contribution >= 0.6 is 11.3 Å². The minimum absolute atomic E-state index is 0.254. The number of aromatic nitrogens is 3. The number of hydrogen-bond donors (Lipinski definition) is 1. The second kappa shape index (κ2) is 7.01. The molecule has 0 unspecified atom stereocenters. The summed E-state index contributed by atoms with van der Waals surface area (Å²) >= 11 is 1.57. The van der Waals surface area contributed by atoms with E-state index in [1.54, 1.807) is 35.0 Å². The van der Waals surface area contributed by atoms with Gasteiger partial charge >= 0.3 is 0 Å². The number of nitrogens with two attached hydrogens (primary N) is 1. The van der Waals surface area contributed by atoms with Gasteiger partial charge in [-0.15, -0.1) is 11.3 Å². The molecule has 1 saturated heterocycles. The van der Waals surface area contributed by atoms with Gasteiger partial charge in [0.15, 0.2) is 15.7 Å². The minimum atomic E-state index is -3.45. The average Bonchev–Trinajstić information content (AvgIpc) is 3.22. The number of nitrogens with zero attached hydrogens (tertiary/aromatic N) is 3. The zero-order chi connectivity index (χ0) is 20.0. The molecular weight excluding hydrogens is 408 g/mol. The van der Waals surface area contributed by atoms with Gasteiger partial charge in [-0.3, -0.25) is 0 Å². The Morgan fingerprint density at radius 1 is 1.03 bits per heavy atom. The zero-order valence-electron chi connectivity index (χ0n) is 15.4. The van der Waals surface area contributed by atoms with E-state index in [4.69, 9.17) is 10.5 Å². The lowest BCUT2D eigenvalue weighted by Crippen LogP contribution is -2.28. The van der Waals surface area contributed by atoms with E-state index >= 15 is 0 Å². The van der Waals surface area contributed by atoms with Gasteiger partial charge in [0, 0.05) is 24.2 Å². The SMILES string of the molecule is Nc1nc(-c2ccc3scnc3c2)nc2ccc(S(=O)(=O)C3CCOCC3)cc12. The molecule has 0 spiro atoms. The molecule has 1 aliphatic rings. The molecule has 1 fully saturated rings. The second-order valence-corrected chi connectivity index (χ2v) is 10.1. The van der Waals surface area contributed by atoms with Crippen LogP contribution in [0, 0.1) is 0 Å². The highest BCUT2D eigenvalue weighted by atomic mass is 32.2. The Kier molecular flexibility index (Phi) is 4.45. The van der Waals surface area contributed by atoms with Gasteiger partial charge in [0.1, 0.15) is 5.82 Å². The molecule has 2 aromatic heterocycles. The Morgan fingerprint density at radius 3 is 2.69 bits per heavy atom. The number of anilines is 1. The lowest BCUT2D eigenvalue weighted by Gasteiger charge is -2.22. The highest BCUT2D eigenvalue weighted by Gasteiger charge is 2.29. The van der Waals surface area contributed by atoms with E-state index in [0.717, 1.165) is 15.8 Å². The summed E-state index contributed by atoms with van der Waals surface area (Å²) in [5.41, 5.74) is 10.3. The van der Waals surface area contributed by atoms with Crippen LogP contribution < -0.4 is 5.73 Å². The van der Waals surface area contributed by atoms with Crippen molar-refractivity contribution in [2.24, 2.45) is 0 Å². The van der Waals surface area contributed by atoms with Crippen molar-refractivity contribution in [1.82, 2.24) is 15.0 Å². The van der Waals surface area contributed by atoms with E-state index in [2.05, 4.69) is 15.0 Å². The lowest BCUT2D eigenvalue weighted by atomic mass is 10.1. The van der Waals surface area contributed by atoms with Crippen molar-refractivity contribution in [1.29, 1.82) is 0 Å². The second-order valence-electron chi connectivity index (χ2n) is 7.00. The number of ether oxygens (including phenoxy) is 1. The van der Waals surface area contributed by atoms with Gasteiger partial charge in [-0.2, -0.15) is 0 Å². The topological polar surface area (TPSA) is 108 Å². The van der Waals surface area contributed by atoms with E-state index in [9.17, 15) is 8.42 Å². The van der Waals surface area contributed by atoms with Gasteiger partial charge in [-0.1, -0.05) is 0 Å². The summed E-state index contributed by atoms with van der Waals surface area (Å²) in [7, 11) is -3.45. The average molecular weight is 427 g/mol. The Hall–Kier alpha value is -2.62. The maximum Gasteiger partial charge on any atom is 0.181 e. The summed E-state index contributed by atoms with van der Waals surface area (Å²) in [5.74, 6) is 0.748. The summed E-state index contributed by atoms with van der Waals surface area (Å²) in [4.78, 5) is 13.6. The Balaban J connectivity index is 1.57. The molecule has 0 bridgehead atoms. The zero-order valence-corrected chi connectivity index (χ0v) is 17.0. The Labute approximate surface area is 171 Å². The lowest BCUT2D eigenvalue weighted by molar-refractivity contribution is 0.0983. The van der Waals surface area contributed by atoms with Crippen LogP contribution in [0.3, 0.4) is 0 Å². The van der Waals surface area contributed by atoms with Gasteiger partial charge in [0.2, 0.25) is 0 Å². The Morgan fingerprint density at radius 2 is 1.86 bits per heavy atom. The molecule has 9 heteroatoms. The van der Waals surface area contributed by atoms with Crippen molar-refractivity contribution < 1.29 is 13.2 Å². The first-order valence-corrected chi connectivity index (χ1v) is 11.7. The van der Waals surface area contributed by atoms with Gasteiger partial charge in [0.25, 0.3) is 0 Å².